The second-order valence-electron chi connectivity index (χ2n) is 5.41. The predicted octanol–water partition coefficient (Wildman–Crippen LogP) is 3.57. The normalized spacial score (nSPS) is 11.1. The van der Waals surface area contributed by atoms with Gasteiger partial charge < -0.3 is 5.11 Å². The van der Waals surface area contributed by atoms with Gasteiger partial charge in [-0.25, -0.2) is 0 Å². The van der Waals surface area contributed by atoms with Gasteiger partial charge in [-0.3, -0.25) is 9.69 Å². The Morgan fingerprint density at radius 2 is 1.86 bits per heavy atom. The van der Waals surface area contributed by atoms with Crippen molar-refractivity contribution in [3.05, 3.63) is 48.0 Å². The van der Waals surface area contributed by atoms with Gasteiger partial charge >= 0.3 is 5.97 Å². The van der Waals surface area contributed by atoms with Gasteiger partial charge in [0.1, 0.15) is 0 Å². The first-order chi connectivity index (χ1) is 10.2. The molecular weight excluding hydrogens is 262 g/mol. The lowest BCUT2D eigenvalue weighted by molar-refractivity contribution is -0.138. The molecule has 0 unspecified atom stereocenters. The highest BCUT2D eigenvalue weighted by molar-refractivity contribution is 5.85. The highest BCUT2D eigenvalue weighted by atomic mass is 16.4. The Balaban J connectivity index is 1.96. The molecule has 2 rings (SSSR count). The quantitative estimate of drug-likeness (QED) is 0.806. The molecule has 3 nitrogen and oxygen atoms in total. The van der Waals surface area contributed by atoms with Gasteiger partial charge in [-0.05, 0) is 48.7 Å². The van der Waals surface area contributed by atoms with Crippen molar-refractivity contribution in [2.24, 2.45) is 0 Å². The molecule has 0 atom stereocenters. The summed E-state index contributed by atoms with van der Waals surface area (Å²) in [6, 6.07) is 14.8. The van der Waals surface area contributed by atoms with Crippen molar-refractivity contribution in [2.45, 2.75) is 26.2 Å². The van der Waals surface area contributed by atoms with E-state index in [2.05, 4.69) is 49.4 Å². The largest absolute Gasteiger partial charge is 0.480 e. The van der Waals surface area contributed by atoms with E-state index in [1.165, 1.54) is 16.3 Å². The molecule has 0 aromatic heterocycles. The van der Waals surface area contributed by atoms with Crippen LogP contribution in [0.15, 0.2) is 42.5 Å². The predicted molar refractivity (Wildman–Crippen MR) is 86.6 cm³/mol. The molecule has 2 aromatic rings. The zero-order valence-electron chi connectivity index (χ0n) is 12.6. The Morgan fingerprint density at radius 1 is 1.10 bits per heavy atom. The topological polar surface area (TPSA) is 40.5 Å². The summed E-state index contributed by atoms with van der Waals surface area (Å²) in [6.07, 6.45) is 2.96. The van der Waals surface area contributed by atoms with Crippen molar-refractivity contribution in [1.29, 1.82) is 0 Å². The molecule has 21 heavy (non-hydrogen) atoms. The van der Waals surface area contributed by atoms with Crippen LogP contribution in [0, 0.1) is 0 Å². The van der Waals surface area contributed by atoms with Gasteiger partial charge in [-0.1, -0.05) is 49.4 Å². The van der Waals surface area contributed by atoms with Gasteiger partial charge in [0.25, 0.3) is 0 Å². The Labute approximate surface area is 126 Å². The van der Waals surface area contributed by atoms with E-state index >= 15 is 0 Å². The Morgan fingerprint density at radius 3 is 2.62 bits per heavy atom. The number of rotatable bonds is 8. The molecule has 0 bridgehead atoms. The first kappa shape index (κ1) is 15.5. The van der Waals surface area contributed by atoms with Crippen LogP contribution in [-0.4, -0.2) is 35.6 Å². The summed E-state index contributed by atoms with van der Waals surface area (Å²) in [7, 11) is 0. The minimum absolute atomic E-state index is 0.142. The summed E-state index contributed by atoms with van der Waals surface area (Å²) < 4.78 is 0. The molecule has 1 N–H and O–H groups in total. The Bertz CT molecular complexity index is 589. The number of aryl methyl sites for hydroxylation is 1. The number of fused-ring (bicyclic) bond motifs is 1. The van der Waals surface area contributed by atoms with Gasteiger partial charge in [0, 0.05) is 0 Å². The molecule has 112 valence electrons. The number of hydrogen-bond donors (Lipinski definition) is 1. The summed E-state index contributed by atoms with van der Waals surface area (Å²) in [4.78, 5) is 12.9. The van der Waals surface area contributed by atoms with Gasteiger partial charge in [-0.15, -0.1) is 0 Å². The fourth-order valence-corrected chi connectivity index (χ4v) is 2.78. The molecule has 0 radical (unpaired) electrons. The number of carboxylic acid groups (broad SMARTS) is 1. The second-order valence-corrected chi connectivity index (χ2v) is 5.41. The average Bonchev–Trinajstić information content (AvgIpc) is 2.47. The first-order valence-corrected chi connectivity index (χ1v) is 7.61. The van der Waals surface area contributed by atoms with Crippen molar-refractivity contribution in [2.75, 3.05) is 19.6 Å². The minimum atomic E-state index is -0.742. The zero-order chi connectivity index (χ0) is 15.1. The summed E-state index contributed by atoms with van der Waals surface area (Å²) in [5.41, 5.74) is 1.35. The molecule has 0 aliphatic rings. The molecule has 2 aromatic carbocycles. The minimum Gasteiger partial charge on any atom is -0.480 e. The monoisotopic (exact) mass is 285 g/mol. The van der Waals surface area contributed by atoms with Crippen LogP contribution >= 0.6 is 0 Å². The van der Waals surface area contributed by atoms with Crippen molar-refractivity contribution >= 4 is 16.7 Å². The Kier molecular flexibility index (Phi) is 5.76. The number of benzene rings is 2. The average molecular weight is 285 g/mol. The lowest BCUT2D eigenvalue weighted by Gasteiger charge is -2.19. The van der Waals surface area contributed by atoms with Crippen LogP contribution < -0.4 is 0 Å². The van der Waals surface area contributed by atoms with E-state index < -0.39 is 5.97 Å². The molecule has 0 fully saturated rings. The second kappa shape index (κ2) is 7.79. The van der Waals surface area contributed by atoms with Crippen molar-refractivity contribution in [1.82, 2.24) is 4.90 Å². The third-order valence-electron chi connectivity index (χ3n) is 3.70. The van der Waals surface area contributed by atoms with E-state index in [1.54, 1.807) is 0 Å². The highest BCUT2D eigenvalue weighted by Gasteiger charge is 2.08. The maximum absolute atomic E-state index is 10.9. The van der Waals surface area contributed by atoms with E-state index in [1.807, 2.05) is 4.90 Å². The first-order valence-electron chi connectivity index (χ1n) is 7.61. The summed E-state index contributed by atoms with van der Waals surface area (Å²) in [5, 5.41) is 11.5. The maximum Gasteiger partial charge on any atom is 0.317 e. The van der Waals surface area contributed by atoms with Crippen LogP contribution in [0.3, 0.4) is 0 Å². The molecule has 3 heteroatoms. The molecule has 0 aliphatic carbocycles. The molecule has 0 saturated heterocycles. The van der Waals surface area contributed by atoms with Crippen LogP contribution in [0.5, 0.6) is 0 Å². The van der Waals surface area contributed by atoms with E-state index in [0.29, 0.717) is 0 Å². The fourth-order valence-electron chi connectivity index (χ4n) is 2.78. The molecule has 0 aliphatic heterocycles. The Hall–Kier alpha value is -1.87. The van der Waals surface area contributed by atoms with E-state index in [-0.39, 0.29) is 6.54 Å². The number of nitrogens with zero attached hydrogens (tertiary/aromatic N) is 1. The molecule has 0 saturated carbocycles. The molecular formula is C18H23NO2. The zero-order valence-corrected chi connectivity index (χ0v) is 12.6. The molecule has 0 amide bonds. The smallest absolute Gasteiger partial charge is 0.317 e. The maximum atomic E-state index is 10.9. The lowest BCUT2D eigenvalue weighted by atomic mass is 10.0. The standard InChI is InChI=1S/C18H23NO2/c1-2-12-19(14-18(20)21)13-6-10-16-9-5-8-15-7-3-4-11-17(15)16/h3-5,7-9,11H,2,6,10,12-14H2,1H3,(H,20,21). The van der Waals surface area contributed by atoms with E-state index in [0.717, 1.165) is 32.4 Å². The lowest BCUT2D eigenvalue weighted by Crippen LogP contribution is -2.31. The van der Waals surface area contributed by atoms with Crippen LogP contribution in [0.2, 0.25) is 0 Å². The van der Waals surface area contributed by atoms with Gasteiger partial charge in [0.15, 0.2) is 0 Å². The van der Waals surface area contributed by atoms with Crippen LogP contribution in [-0.2, 0) is 11.2 Å². The van der Waals surface area contributed by atoms with Crippen molar-refractivity contribution < 1.29 is 9.90 Å². The van der Waals surface area contributed by atoms with Gasteiger partial charge in [0.2, 0.25) is 0 Å². The van der Waals surface area contributed by atoms with Crippen molar-refractivity contribution in [3.63, 3.8) is 0 Å². The molecule has 0 spiro atoms. The fraction of sp³-hybridized carbons (Fsp3) is 0.389. The van der Waals surface area contributed by atoms with Gasteiger partial charge in [0.05, 0.1) is 6.54 Å². The molecule has 0 heterocycles. The number of carboxylic acids is 1. The SMILES string of the molecule is CCCN(CCCc1cccc2ccccc12)CC(=O)O. The third kappa shape index (κ3) is 4.57. The van der Waals surface area contributed by atoms with E-state index in [4.69, 9.17) is 5.11 Å². The summed E-state index contributed by atoms with van der Waals surface area (Å²) in [5.74, 6) is -0.742. The van der Waals surface area contributed by atoms with Crippen molar-refractivity contribution in [3.8, 4) is 0 Å². The van der Waals surface area contributed by atoms with Crippen LogP contribution in [0.25, 0.3) is 10.8 Å². The van der Waals surface area contributed by atoms with Crippen LogP contribution in [0.4, 0.5) is 0 Å². The van der Waals surface area contributed by atoms with Gasteiger partial charge in [-0.2, -0.15) is 0 Å². The number of aliphatic carboxylic acids is 1. The summed E-state index contributed by atoms with van der Waals surface area (Å²) >= 11 is 0. The third-order valence-corrected chi connectivity index (χ3v) is 3.70. The highest BCUT2D eigenvalue weighted by Crippen LogP contribution is 2.19. The number of hydrogen-bond acceptors (Lipinski definition) is 2. The van der Waals surface area contributed by atoms with E-state index in [9.17, 15) is 4.79 Å². The van der Waals surface area contributed by atoms with Crippen LogP contribution in [0.1, 0.15) is 25.3 Å². The summed E-state index contributed by atoms with van der Waals surface area (Å²) in [6.45, 7) is 3.91. The number of carbonyl (C=O) groups is 1.